The highest BCUT2D eigenvalue weighted by molar-refractivity contribution is 7.86. The molecule has 0 fully saturated rings. The lowest BCUT2D eigenvalue weighted by Crippen LogP contribution is -2.06. The molecule has 0 aliphatic heterocycles. The fourth-order valence-corrected chi connectivity index (χ4v) is 2.16. The minimum Gasteiger partial charge on any atom is -0.207 e. The van der Waals surface area contributed by atoms with Crippen molar-refractivity contribution in [3.63, 3.8) is 0 Å². The average Bonchev–Trinajstić information content (AvgIpc) is 2.07. The zero-order chi connectivity index (χ0) is 10.8. The van der Waals surface area contributed by atoms with Crippen LogP contribution in [0, 0.1) is 5.82 Å². The summed E-state index contributed by atoms with van der Waals surface area (Å²) in [7, 11) is -4.60. The maximum Gasteiger partial charge on any atom is 0.309 e. The molecule has 1 atom stereocenters. The van der Waals surface area contributed by atoms with E-state index in [1.807, 2.05) is 0 Å². The van der Waals surface area contributed by atoms with Gasteiger partial charge in [-0.3, -0.25) is 0 Å². The first kappa shape index (κ1) is 11.1. The summed E-state index contributed by atoms with van der Waals surface area (Å²) in [5.74, 6) is -0.472. The van der Waals surface area contributed by atoms with Crippen LogP contribution in [0.5, 0.6) is 0 Å². The molecule has 0 N–H and O–H groups in total. The van der Waals surface area contributed by atoms with Crippen LogP contribution < -0.4 is 0 Å². The van der Waals surface area contributed by atoms with Gasteiger partial charge in [-0.25, -0.2) is 4.39 Å². The topological polar surface area (TPSA) is 34.1 Å². The van der Waals surface area contributed by atoms with E-state index in [1.54, 1.807) is 6.92 Å². The molecule has 0 aliphatic rings. The highest BCUT2D eigenvalue weighted by Gasteiger charge is 2.24. The van der Waals surface area contributed by atoms with Crippen LogP contribution in [0.25, 0.3) is 0 Å². The first-order chi connectivity index (χ1) is 6.45. The van der Waals surface area contributed by atoms with Crippen LogP contribution in [0.2, 0.25) is 0 Å². The summed E-state index contributed by atoms with van der Waals surface area (Å²) in [4.78, 5) is 0. The van der Waals surface area contributed by atoms with E-state index in [2.05, 4.69) is 0 Å². The third-order valence-electron chi connectivity index (χ3n) is 1.95. The van der Waals surface area contributed by atoms with Gasteiger partial charge >= 0.3 is 10.2 Å². The van der Waals surface area contributed by atoms with Crippen molar-refractivity contribution < 1.29 is 16.7 Å². The van der Waals surface area contributed by atoms with Crippen LogP contribution in [0.4, 0.5) is 8.28 Å². The third-order valence-corrected chi connectivity index (χ3v) is 3.24. The van der Waals surface area contributed by atoms with Gasteiger partial charge in [-0.15, -0.1) is 3.89 Å². The van der Waals surface area contributed by atoms with E-state index in [0.717, 1.165) is 12.1 Å². The Bertz CT molecular complexity index is 397. The Hall–Kier alpha value is -0.970. The molecule has 0 spiro atoms. The normalized spacial score (nSPS) is 13.9. The fourth-order valence-electron chi connectivity index (χ4n) is 1.27. The van der Waals surface area contributed by atoms with Gasteiger partial charge in [-0.2, -0.15) is 8.42 Å². The van der Waals surface area contributed by atoms with Gasteiger partial charge in [0.05, 0.1) is 0 Å². The van der Waals surface area contributed by atoms with Crippen molar-refractivity contribution in [1.82, 2.24) is 0 Å². The molecular formula is C9H10F2O2S. The van der Waals surface area contributed by atoms with Gasteiger partial charge in [-0.05, 0) is 24.1 Å². The Morgan fingerprint density at radius 2 is 1.79 bits per heavy atom. The number of halogens is 2. The Labute approximate surface area is 81.8 Å². The molecule has 1 unspecified atom stereocenters. The van der Waals surface area contributed by atoms with Crippen LogP contribution >= 0.6 is 0 Å². The number of hydrogen-bond acceptors (Lipinski definition) is 2. The summed E-state index contributed by atoms with van der Waals surface area (Å²) >= 11 is 0. The lowest BCUT2D eigenvalue weighted by molar-refractivity contribution is 0.533. The smallest absolute Gasteiger partial charge is 0.207 e. The highest BCUT2D eigenvalue weighted by Crippen LogP contribution is 2.26. The van der Waals surface area contributed by atoms with Crippen molar-refractivity contribution in [3.8, 4) is 0 Å². The van der Waals surface area contributed by atoms with Crippen molar-refractivity contribution in [3.05, 3.63) is 35.6 Å². The molecule has 0 saturated carbocycles. The average molecular weight is 220 g/mol. The van der Waals surface area contributed by atoms with Gasteiger partial charge < -0.3 is 0 Å². The summed E-state index contributed by atoms with van der Waals surface area (Å²) in [5, 5.41) is -1.19. The lowest BCUT2D eigenvalue weighted by atomic mass is 10.1. The molecule has 1 rings (SSSR count). The molecule has 0 amide bonds. The molecule has 1 aromatic rings. The maximum atomic E-state index is 12.7. The Morgan fingerprint density at radius 1 is 1.29 bits per heavy atom. The van der Waals surface area contributed by atoms with E-state index in [-0.39, 0.29) is 12.0 Å². The highest BCUT2D eigenvalue weighted by atomic mass is 32.3. The molecule has 0 heterocycles. The predicted molar refractivity (Wildman–Crippen MR) is 49.5 cm³/mol. The van der Waals surface area contributed by atoms with Crippen molar-refractivity contribution in [2.45, 2.75) is 18.6 Å². The summed E-state index contributed by atoms with van der Waals surface area (Å²) in [6.07, 6.45) is 0.129. The summed E-state index contributed by atoms with van der Waals surface area (Å²) in [5.41, 5.74) is 0.274. The molecule has 0 bridgehead atoms. The van der Waals surface area contributed by atoms with Gasteiger partial charge in [-0.1, -0.05) is 19.1 Å². The Balaban J connectivity index is 3.08. The van der Waals surface area contributed by atoms with E-state index in [9.17, 15) is 16.7 Å². The molecule has 0 aromatic heterocycles. The van der Waals surface area contributed by atoms with Crippen LogP contribution in [0.1, 0.15) is 24.2 Å². The van der Waals surface area contributed by atoms with Crippen LogP contribution in [0.15, 0.2) is 24.3 Å². The van der Waals surface area contributed by atoms with Gasteiger partial charge in [0.15, 0.2) is 0 Å². The van der Waals surface area contributed by atoms with Gasteiger partial charge in [0.2, 0.25) is 0 Å². The van der Waals surface area contributed by atoms with Crippen LogP contribution in [-0.4, -0.2) is 8.42 Å². The Morgan fingerprint density at radius 3 is 2.14 bits per heavy atom. The van der Waals surface area contributed by atoms with Crippen molar-refractivity contribution in [1.29, 1.82) is 0 Å². The van der Waals surface area contributed by atoms with E-state index >= 15 is 0 Å². The molecule has 0 radical (unpaired) electrons. The minimum absolute atomic E-state index is 0.129. The molecule has 0 aliphatic carbocycles. The summed E-state index contributed by atoms with van der Waals surface area (Å²) in [6.45, 7) is 1.56. The largest absolute Gasteiger partial charge is 0.309 e. The standard InChI is InChI=1S/C9H10F2O2S/c1-2-9(14(11,12)13)7-3-5-8(10)6-4-7/h3-6,9H,2H2,1H3. The molecule has 5 heteroatoms. The molecule has 78 valence electrons. The molecule has 2 nitrogen and oxygen atoms in total. The molecule has 14 heavy (non-hydrogen) atoms. The van der Waals surface area contributed by atoms with Crippen LogP contribution in [0.3, 0.4) is 0 Å². The third kappa shape index (κ3) is 2.51. The SMILES string of the molecule is CCC(c1ccc(F)cc1)S(=O)(=O)F. The number of rotatable bonds is 3. The van der Waals surface area contributed by atoms with E-state index < -0.39 is 21.3 Å². The predicted octanol–water partition coefficient (Wildman–Crippen LogP) is 2.58. The molecule has 1 aromatic carbocycles. The lowest BCUT2D eigenvalue weighted by Gasteiger charge is -2.09. The van der Waals surface area contributed by atoms with E-state index in [4.69, 9.17) is 0 Å². The van der Waals surface area contributed by atoms with Crippen molar-refractivity contribution in [2.24, 2.45) is 0 Å². The second-order valence-corrected chi connectivity index (χ2v) is 4.44. The number of benzene rings is 1. The first-order valence-electron chi connectivity index (χ1n) is 4.14. The summed E-state index contributed by atoms with van der Waals surface area (Å²) in [6, 6.07) is 4.79. The minimum atomic E-state index is -4.60. The monoisotopic (exact) mass is 220 g/mol. The van der Waals surface area contributed by atoms with Gasteiger partial charge in [0.1, 0.15) is 11.1 Å². The van der Waals surface area contributed by atoms with Gasteiger partial charge in [0.25, 0.3) is 0 Å². The quantitative estimate of drug-likeness (QED) is 0.734. The first-order valence-corrected chi connectivity index (χ1v) is 5.58. The van der Waals surface area contributed by atoms with E-state index in [0.29, 0.717) is 0 Å². The zero-order valence-corrected chi connectivity index (χ0v) is 8.39. The maximum absolute atomic E-state index is 12.7. The second kappa shape index (κ2) is 4.04. The van der Waals surface area contributed by atoms with Gasteiger partial charge in [0, 0.05) is 0 Å². The van der Waals surface area contributed by atoms with Crippen molar-refractivity contribution >= 4 is 10.2 Å². The molecule has 0 saturated heterocycles. The van der Waals surface area contributed by atoms with Crippen LogP contribution in [-0.2, 0) is 10.2 Å². The Kier molecular flexibility index (Phi) is 3.21. The zero-order valence-electron chi connectivity index (χ0n) is 7.57. The summed E-state index contributed by atoms with van der Waals surface area (Å²) < 4.78 is 46.6. The number of hydrogen-bond donors (Lipinski definition) is 0. The second-order valence-electron chi connectivity index (χ2n) is 2.92. The fraction of sp³-hybridized carbons (Fsp3) is 0.333. The van der Waals surface area contributed by atoms with Crippen molar-refractivity contribution in [2.75, 3.05) is 0 Å². The van der Waals surface area contributed by atoms with E-state index in [1.165, 1.54) is 12.1 Å². The molecular weight excluding hydrogens is 210 g/mol.